The van der Waals surface area contributed by atoms with E-state index >= 15 is 0 Å². The van der Waals surface area contributed by atoms with Gasteiger partial charge in [0.25, 0.3) is 5.56 Å². The number of rotatable bonds is 9. The second-order valence-corrected chi connectivity index (χ2v) is 8.64. The minimum Gasteiger partial charge on any atom is -0.490 e. The van der Waals surface area contributed by atoms with Crippen molar-refractivity contribution in [3.63, 3.8) is 0 Å². The van der Waals surface area contributed by atoms with Crippen LogP contribution in [0.4, 0.5) is 0 Å². The van der Waals surface area contributed by atoms with Gasteiger partial charge in [-0.05, 0) is 55.3 Å². The SMILES string of the molecule is C=CCc1cc(C=Nn2c(=O)[nH]c3ccccc3c2=O)cc(OCC)c1OCc1ccc(Cl)cc1Cl. The topological polar surface area (TPSA) is 85.7 Å². The number of hydrogen-bond donors (Lipinski definition) is 1. The van der Waals surface area contributed by atoms with Gasteiger partial charge in [-0.2, -0.15) is 5.10 Å². The minimum absolute atomic E-state index is 0.204. The van der Waals surface area contributed by atoms with E-state index in [9.17, 15) is 9.59 Å². The number of halogens is 2. The summed E-state index contributed by atoms with van der Waals surface area (Å²) in [6.45, 7) is 6.30. The lowest BCUT2D eigenvalue weighted by atomic mass is 10.1. The van der Waals surface area contributed by atoms with Crippen molar-refractivity contribution in [2.45, 2.75) is 20.0 Å². The Kier molecular flexibility index (Phi) is 7.93. The van der Waals surface area contributed by atoms with Crippen molar-refractivity contribution >= 4 is 40.3 Å². The lowest BCUT2D eigenvalue weighted by molar-refractivity contribution is 0.267. The molecule has 0 spiro atoms. The summed E-state index contributed by atoms with van der Waals surface area (Å²) in [6, 6.07) is 15.5. The number of fused-ring (bicyclic) bond motifs is 1. The van der Waals surface area contributed by atoms with Crippen molar-refractivity contribution in [1.82, 2.24) is 9.66 Å². The van der Waals surface area contributed by atoms with Gasteiger partial charge in [-0.3, -0.25) is 4.79 Å². The molecular weight excluding hydrogens is 501 g/mol. The van der Waals surface area contributed by atoms with E-state index in [2.05, 4.69) is 16.7 Å². The summed E-state index contributed by atoms with van der Waals surface area (Å²) in [5.41, 5.74) is 1.49. The Labute approximate surface area is 217 Å². The molecule has 3 aromatic carbocycles. The van der Waals surface area contributed by atoms with Crippen LogP contribution in [0.2, 0.25) is 10.0 Å². The van der Waals surface area contributed by atoms with Gasteiger partial charge in [0.05, 0.1) is 23.7 Å². The molecular formula is C27H23Cl2N3O4. The molecule has 0 aliphatic heterocycles. The van der Waals surface area contributed by atoms with E-state index in [4.69, 9.17) is 32.7 Å². The third-order valence-electron chi connectivity index (χ3n) is 5.31. The third kappa shape index (κ3) is 5.53. The van der Waals surface area contributed by atoms with Crippen LogP contribution in [0.15, 0.2) is 81.9 Å². The summed E-state index contributed by atoms with van der Waals surface area (Å²) in [4.78, 5) is 27.9. The molecule has 0 radical (unpaired) electrons. The number of benzene rings is 3. The smallest absolute Gasteiger partial charge is 0.349 e. The molecule has 0 atom stereocenters. The van der Waals surface area contributed by atoms with E-state index < -0.39 is 11.2 Å². The van der Waals surface area contributed by atoms with Gasteiger partial charge < -0.3 is 14.5 Å². The lowest BCUT2D eigenvalue weighted by Gasteiger charge is -2.17. The number of aromatic nitrogens is 2. The number of aromatic amines is 1. The van der Waals surface area contributed by atoms with E-state index in [1.54, 1.807) is 54.6 Å². The van der Waals surface area contributed by atoms with Crippen LogP contribution in [0.5, 0.6) is 11.5 Å². The molecule has 9 heteroatoms. The van der Waals surface area contributed by atoms with E-state index in [-0.39, 0.29) is 6.61 Å². The number of hydrogen-bond acceptors (Lipinski definition) is 5. The highest BCUT2D eigenvalue weighted by molar-refractivity contribution is 6.35. The molecule has 1 N–H and O–H groups in total. The Morgan fingerprint density at radius 1 is 1.06 bits per heavy atom. The Morgan fingerprint density at radius 2 is 1.86 bits per heavy atom. The maximum atomic E-state index is 12.8. The fraction of sp³-hybridized carbons (Fsp3) is 0.148. The molecule has 0 saturated carbocycles. The molecule has 0 amide bonds. The van der Waals surface area contributed by atoms with Crippen molar-refractivity contribution in [3.8, 4) is 11.5 Å². The van der Waals surface area contributed by atoms with E-state index in [0.29, 0.717) is 51.0 Å². The standard InChI is InChI=1S/C27H23Cl2N3O4/c1-3-7-18-12-17(15-30-32-26(33)21-8-5-6-9-23(21)31-27(32)34)13-24(35-4-2)25(18)36-16-19-10-11-20(28)14-22(19)29/h3,5-6,8-15H,1,4,7,16H2,2H3,(H,31,34). The third-order valence-corrected chi connectivity index (χ3v) is 5.90. The van der Waals surface area contributed by atoms with Crippen LogP contribution in [0.1, 0.15) is 23.6 Å². The number of allylic oxidation sites excluding steroid dienone is 1. The molecule has 0 aliphatic carbocycles. The van der Waals surface area contributed by atoms with Crippen molar-refractivity contribution in [3.05, 3.63) is 115 Å². The van der Waals surface area contributed by atoms with Gasteiger partial charge in [0.1, 0.15) is 6.61 Å². The largest absolute Gasteiger partial charge is 0.490 e. The molecule has 4 aromatic rings. The number of H-pyrrole nitrogens is 1. The van der Waals surface area contributed by atoms with Crippen LogP contribution >= 0.6 is 23.2 Å². The molecule has 184 valence electrons. The van der Waals surface area contributed by atoms with Crippen LogP contribution in [0.25, 0.3) is 10.9 Å². The average molecular weight is 524 g/mol. The van der Waals surface area contributed by atoms with E-state index in [1.165, 1.54) is 6.21 Å². The molecule has 0 saturated heterocycles. The summed E-state index contributed by atoms with van der Waals surface area (Å²) in [6.07, 6.45) is 3.66. The Morgan fingerprint density at radius 3 is 2.61 bits per heavy atom. The fourth-order valence-corrected chi connectivity index (χ4v) is 4.13. The van der Waals surface area contributed by atoms with Gasteiger partial charge in [0.15, 0.2) is 11.5 Å². The van der Waals surface area contributed by atoms with Crippen LogP contribution < -0.4 is 20.7 Å². The Bertz CT molecular complexity index is 1570. The monoisotopic (exact) mass is 523 g/mol. The summed E-state index contributed by atoms with van der Waals surface area (Å²) in [5.74, 6) is 1.03. The van der Waals surface area contributed by atoms with Gasteiger partial charge in [0, 0.05) is 21.2 Å². The normalized spacial score (nSPS) is 11.2. The summed E-state index contributed by atoms with van der Waals surface area (Å²) >= 11 is 12.3. The number of nitrogens with zero attached hydrogens (tertiary/aromatic N) is 2. The van der Waals surface area contributed by atoms with Crippen LogP contribution in [0, 0.1) is 0 Å². The van der Waals surface area contributed by atoms with E-state index in [0.717, 1.165) is 15.8 Å². The zero-order valence-electron chi connectivity index (χ0n) is 19.5. The average Bonchev–Trinajstić information content (AvgIpc) is 2.85. The number of nitrogens with one attached hydrogen (secondary N) is 1. The van der Waals surface area contributed by atoms with E-state index in [1.807, 2.05) is 13.0 Å². The first-order valence-corrected chi connectivity index (χ1v) is 11.9. The van der Waals surface area contributed by atoms with Crippen LogP contribution in [0.3, 0.4) is 0 Å². The zero-order chi connectivity index (χ0) is 25.7. The molecule has 0 unspecified atom stereocenters. The highest BCUT2D eigenvalue weighted by Gasteiger charge is 2.15. The van der Waals surface area contributed by atoms with Gasteiger partial charge in [0.2, 0.25) is 0 Å². The molecule has 36 heavy (non-hydrogen) atoms. The summed E-state index contributed by atoms with van der Waals surface area (Å²) in [5, 5.41) is 5.56. The Balaban J connectivity index is 1.71. The molecule has 7 nitrogen and oxygen atoms in total. The highest BCUT2D eigenvalue weighted by Crippen LogP contribution is 2.35. The van der Waals surface area contributed by atoms with Crippen LogP contribution in [-0.4, -0.2) is 22.5 Å². The molecule has 0 bridgehead atoms. The fourth-order valence-electron chi connectivity index (χ4n) is 3.66. The quantitative estimate of drug-likeness (QED) is 0.229. The second kappa shape index (κ2) is 11.3. The zero-order valence-corrected chi connectivity index (χ0v) is 21.0. The van der Waals surface area contributed by atoms with Crippen molar-refractivity contribution < 1.29 is 9.47 Å². The highest BCUT2D eigenvalue weighted by atomic mass is 35.5. The molecule has 1 aromatic heterocycles. The first-order valence-electron chi connectivity index (χ1n) is 11.2. The number of ether oxygens (including phenoxy) is 2. The van der Waals surface area contributed by atoms with Crippen molar-refractivity contribution in [1.29, 1.82) is 0 Å². The summed E-state index contributed by atoms with van der Waals surface area (Å²) < 4.78 is 12.8. The molecule has 0 aliphatic rings. The lowest BCUT2D eigenvalue weighted by Crippen LogP contribution is -2.32. The van der Waals surface area contributed by atoms with Crippen molar-refractivity contribution in [2.75, 3.05) is 6.61 Å². The first-order chi connectivity index (χ1) is 17.4. The molecule has 1 heterocycles. The predicted octanol–water partition coefficient (Wildman–Crippen LogP) is 5.59. The van der Waals surface area contributed by atoms with Gasteiger partial charge >= 0.3 is 5.69 Å². The second-order valence-electron chi connectivity index (χ2n) is 7.79. The van der Waals surface area contributed by atoms with Gasteiger partial charge in [-0.25, -0.2) is 4.79 Å². The Hall–Kier alpha value is -3.81. The maximum Gasteiger partial charge on any atom is 0.349 e. The molecule has 0 fully saturated rings. The van der Waals surface area contributed by atoms with Crippen molar-refractivity contribution in [2.24, 2.45) is 5.10 Å². The first kappa shape index (κ1) is 25.3. The van der Waals surface area contributed by atoms with Gasteiger partial charge in [-0.15, -0.1) is 11.3 Å². The predicted molar refractivity (Wildman–Crippen MR) is 144 cm³/mol. The van der Waals surface area contributed by atoms with Gasteiger partial charge in [-0.1, -0.05) is 47.5 Å². The maximum absolute atomic E-state index is 12.8. The minimum atomic E-state index is -0.633. The summed E-state index contributed by atoms with van der Waals surface area (Å²) in [7, 11) is 0. The van der Waals surface area contributed by atoms with Crippen LogP contribution in [-0.2, 0) is 13.0 Å². The molecule has 4 rings (SSSR count). The number of para-hydroxylation sites is 1.